The summed E-state index contributed by atoms with van der Waals surface area (Å²) in [6, 6.07) is 15.8. The number of urea groups is 1. The largest absolute Gasteiger partial charge is 0.336 e. The molecular formula is C22H26N4O2. The fraction of sp³-hybridized carbons (Fsp3) is 0.318. The topological polar surface area (TPSA) is 85.2 Å². The van der Waals surface area contributed by atoms with Crippen LogP contribution in [0.4, 0.5) is 10.5 Å². The van der Waals surface area contributed by atoms with E-state index < -0.39 is 0 Å². The van der Waals surface area contributed by atoms with E-state index in [2.05, 4.69) is 16.7 Å². The number of carbonyl (C=O) groups excluding carboxylic acids is 2. The Morgan fingerprint density at radius 2 is 1.79 bits per heavy atom. The van der Waals surface area contributed by atoms with Crippen LogP contribution in [0, 0.1) is 11.3 Å². The number of benzene rings is 2. The maximum atomic E-state index is 13.1. The molecule has 2 aromatic rings. The summed E-state index contributed by atoms with van der Waals surface area (Å²) in [4.78, 5) is 26.7. The highest BCUT2D eigenvalue weighted by Crippen LogP contribution is 2.23. The Hall–Kier alpha value is -3.33. The van der Waals surface area contributed by atoms with Crippen molar-refractivity contribution >= 4 is 17.6 Å². The van der Waals surface area contributed by atoms with Gasteiger partial charge in [-0.1, -0.05) is 18.2 Å². The minimum Gasteiger partial charge on any atom is -0.336 e. The van der Waals surface area contributed by atoms with Gasteiger partial charge in [0.05, 0.1) is 17.7 Å². The fourth-order valence-electron chi connectivity index (χ4n) is 2.93. The van der Waals surface area contributed by atoms with E-state index in [0.29, 0.717) is 23.4 Å². The Morgan fingerprint density at radius 3 is 2.36 bits per heavy atom. The van der Waals surface area contributed by atoms with Crippen molar-refractivity contribution < 1.29 is 9.59 Å². The van der Waals surface area contributed by atoms with E-state index in [-0.39, 0.29) is 24.0 Å². The van der Waals surface area contributed by atoms with Gasteiger partial charge in [0.25, 0.3) is 5.91 Å². The Morgan fingerprint density at radius 1 is 1.11 bits per heavy atom. The second-order valence-corrected chi connectivity index (χ2v) is 6.83. The second-order valence-electron chi connectivity index (χ2n) is 6.83. The lowest BCUT2D eigenvalue weighted by atomic mass is 10.0. The van der Waals surface area contributed by atoms with Gasteiger partial charge in [-0.25, -0.2) is 4.79 Å². The summed E-state index contributed by atoms with van der Waals surface area (Å²) in [7, 11) is 0. The quantitative estimate of drug-likeness (QED) is 0.785. The molecule has 146 valence electrons. The van der Waals surface area contributed by atoms with Gasteiger partial charge in [0, 0.05) is 23.8 Å². The van der Waals surface area contributed by atoms with Crippen molar-refractivity contribution in [1.29, 1.82) is 5.26 Å². The van der Waals surface area contributed by atoms with Gasteiger partial charge in [-0.15, -0.1) is 0 Å². The molecule has 0 heterocycles. The number of nitrogens with one attached hydrogen (secondary N) is 2. The summed E-state index contributed by atoms with van der Waals surface area (Å²) in [5, 5.41) is 14.4. The molecule has 6 nitrogen and oxygen atoms in total. The first-order chi connectivity index (χ1) is 13.3. The molecule has 0 aromatic heterocycles. The minimum atomic E-state index is -0.308. The monoisotopic (exact) mass is 378 g/mol. The molecule has 0 aliphatic heterocycles. The summed E-state index contributed by atoms with van der Waals surface area (Å²) >= 11 is 0. The molecule has 28 heavy (non-hydrogen) atoms. The van der Waals surface area contributed by atoms with Crippen molar-refractivity contribution in [3.63, 3.8) is 0 Å². The van der Waals surface area contributed by atoms with Gasteiger partial charge in [0.2, 0.25) is 0 Å². The van der Waals surface area contributed by atoms with Gasteiger partial charge in [0.1, 0.15) is 0 Å². The summed E-state index contributed by atoms with van der Waals surface area (Å²) in [5.41, 5.74) is 2.61. The summed E-state index contributed by atoms with van der Waals surface area (Å²) in [6.45, 7) is 8.18. The van der Waals surface area contributed by atoms with E-state index in [1.54, 1.807) is 41.3 Å². The third kappa shape index (κ3) is 5.34. The molecule has 0 fully saturated rings. The Kier molecular flexibility index (Phi) is 7.16. The standard InChI is InChI=1S/C22H26N4O2/c1-5-26(16(4)18-11-9-17(14-23)10-12-18)21(27)19-7-6-8-20(13-19)25-22(28)24-15(2)3/h6-13,15-16H,5H2,1-4H3,(H2,24,25,28). The number of hydrogen-bond acceptors (Lipinski definition) is 3. The highest BCUT2D eigenvalue weighted by molar-refractivity contribution is 5.97. The van der Waals surface area contributed by atoms with Crippen LogP contribution in [0.15, 0.2) is 48.5 Å². The normalized spacial score (nSPS) is 11.4. The lowest BCUT2D eigenvalue weighted by Gasteiger charge is -2.28. The Balaban J connectivity index is 2.18. The molecule has 6 heteroatoms. The number of anilines is 1. The van der Waals surface area contributed by atoms with Crippen molar-refractivity contribution in [3.05, 3.63) is 65.2 Å². The molecule has 2 N–H and O–H groups in total. The molecule has 0 spiro atoms. The van der Waals surface area contributed by atoms with Crippen LogP contribution in [0.2, 0.25) is 0 Å². The van der Waals surface area contributed by atoms with Crippen LogP contribution in [0.5, 0.6) is 0 Å². The Bertz CT molecular complexity index is 869. The zero-order valence-corrected chi connectivity index (χ0v) is 16.7. The average molecular weight is 378 g/mol. The Labute approximate surface area is 166 Å². The first-order valence-electron chi connectivity index (χ1n) is 9.34. The third-order valence-electron chi connectivity index (χ3n) is 4.38. The van der Waals surface area contributed by atoms with Gasteiger partial charge in [0.15, 0.2) is 0 Å². The SMILES string of the molecule is CCN(C(=O)c1cccc(NC(=O)NC(C)C)c1)C(C)c1ccc(C#N)cc1. The van der Waals surface area contributed by atoms with E-state index in [0.717, 1.165) is 5.56 Å². The molecule has 0 aliphatic carbocycles. The molecule has 0 saturated carbocycles. The van der Waals surface area contributed by atoms with Gasteiger partial charge in [-0.3, -0.25) is 4.79 Å². The van der Waals surface area contributed by atoms with Crippen molar-refractivity contribution in [2.75, 3.05) is 11.9 Å². The van der Waals surface area contributed by atoms with Crippen LogP contribution >= 0.6 is 0 Å². The second kappa shape index (κ2) is 9.56. The van der Waals surface area contributed by atoms with E-state index in [1.165, 1.54) is 0 Å². The van der Waals surface area contributed by atoms with E-state index >= 15 is 0 Å². The van der Waals surface area contributed by atoms with Crippen LogP contribution < -0.4 is 10.6 Å². The number of carbonyl (C=O) groups is 2. The van der Waals surface area contributed by atoms with E-state index in [9.17, 15) is 9.59 Å². The van der Waals surface area contributed by atoms with Crippen molar-refractivity contribution in [3.8, 4) is 6.07 Å². The number of nitriles is 1. The minimum absolute atomic E-state index is 0.0219. The predicted molar refractivity (Wildman–Crippen MR) is 110 cm³/mol. The molecule has 2 aromatic carbocycles. The first kappa shape index (κ1) is 21.0. The van der Waals surface area contributed by atoms with E-state index in [1.807, 2.05) is 39.8 Å². The molecule has 0 bridgehead atoms. The molecular weight excluding hydrogens is 352 g/mol. The molecule has 0 radical (unpaired) electrons. The average Bonchev–Trinajstić information content (AvgIpc) is 2.68. The van der Waals surface area contributed by atoms with Crippen molar-refractivity contribution in [1.82, 2.24) is 10.2 Å². The molecule has 2 rings (SSSR count). The molecule has 0 saturated heterocycles. The van der Waals surface area contributed by atoms with Gasteiger partial charge in [-0.05, 0) is 63.6 Å². The van der Waals surface area contributed by atoms with Crippen molar-refractivity contribution in [2.24, 2.45) is 0 Å². The van der Waals surface area contributed by atoms with Crippen LogP contribution in [0.25, 0.3) is 0 Å². The number of nitrogens with zero attached hydrogens (tertiary/aromatic N) is 2. The first-order valence-corrected chi connectivity index (χ1v) is 9.34. The third-order valence-corrected chi connectivity index (χ3v) is 4.38. The number of hydrogen-bond donors (Lipinski definition) is 2. The smallest absolute Gasteiger partial charge is 0.319 e. The predicted octanol–water partition coefficient (Wildman–Crippen LogP) is 4.31. The lowest BCUT2D eigenvalue weighted by Crippen LogP contribution is -2.34. The number of amides is 3. The summed E-state index contributed by atoms with van der Waals surface area (Å²) in [6.07, 6.45) is 0. The molecule has 0 aliphatic rings. The number of rotatable bonds is 6. The summed E-state index contributed by atoms with van der Waals surface area (Å²) in [5.74, 6) is -0.118. The molecule has 3 amide bonds. The van der Waals surface area contributed by atoms with Gasteiger partial charge < -0.3 is 15.5 Å². The fourth-order valence-corrected chi connectivity index (χ4v) is 2.93. The molecule has 1 unspecified atom stereocenters. The van der Waals surface area contributed by atoms with Crippen LogP contribution in [0.1, 0.15) is 55.2 Å². The van der Waals surface area contributed by atoms with Gasteiger partial charge >= 0.3 is 6.03 Å². The maximum Gasteiger partial charge on any atom is 0.319 e. The van der Waals surface area contributed by atoms with Crippen molar-refractivity contribution in [2.45, 2.75) is 39.8 Å². The summed E-state index contributed by atoms with van der Waals surface area (Å²) < 4.78 is 0. The lowest BCUT2D eigenvalue weighted by molar-refractivity contribution is 0.0702. The van der Waals surface area contributed by atoms with Crippen LogP contribution in [-0.4, -0.2) is 29.4 Å². The highest BCUT2D eigenvalue weighted by atomic mass is 16.2. The van der Waals surface area contributed by atoms with Crippen LogP contribution in [-0.2, 0) is 0 Å². The highest BCUT2D eigenvalue weighted by Gasteiger charge is 2.21. The zero-order chi connectivity index (χ0) is 20.7. The van der Waals surface area contributed by atoms with Gasteiger partial charge in [-0.2, -0.15) is 5.26 Å². The zero-order valence-electron chi connectivity index (χ0n) is 16.7. The van der Waals surface area contributed by atoms with E-state index in [4.69, 9.17) is 5.26 Å². The maximum absolute atomic E-state index is 13.1. The molecule has 1 atom stereocenters. The van der Waals surface area contributed by atoms with Crippen LogP contribution in [0.3, 0.4) is 0 Å².